The molecule has 0 fully saturated rings. The van der Waals surface area contributed by atoms with Gasteiger partial charge in [-0.15, -0.1) is 0 Å². The number of hydrogen-bond acceptors (Lipinski definition) is 7. The highest BCUT2D eigenvalue weighted by molar-refractivity contribution is 5.88. The summed E-state index contributed by atoms with van der Waals surface area (Å²) in [4.78, 5) is 33.3. The molecule has 0 saturated carbocycles. The lowest BCUT2D eigenvalue weighted by atomic mass is 9.97. The van der Waals surface area contributed by atoms with Crippen LogP contribution in [0.25, 0.3) is 21.8 Å². The van der Waals surface area contributed by atoms with E-state index in [1.807, 2.05) is 72.8 Å². The van der Waals surface area contributed by atoms with Crippen molar-refractivity contribution in [3.05, 3.63) is 187 Å². The number of benzene rings is 5. The van der Waals surface area contributed by atoms with E-state index >= 15 is 0 Å². The van der Waals surface area contributed by atoms with Crippen molar-refractivity contribution in [2.24, 2.45) is 0 Å². The minimum atomic E-state index is -0.966. The van der Waals surface area contributed by atoms with E-state index in [1.54, 1.807) is 24.3 Å². The number of fused-ring (bicyclic) bond motifs is 3. The summed E-state index contributed by atoms with van der Waals surface area (Å²) in [5.41, 5.74) is 9.14. The fourth-order valence-electron chi connectivity index (χ4n) is 8.47. The third-order valence-electron chi connectivity index (χ3n) is 11.5. The third kappa shape index (κ3) is 8.34. The summed E-state index contributed by atoms with van der Waals surface area (Å²) in [7, 11) is 0. The van der Waals surface area contributed by atoms with Gasteiger partial charge >= 0.3 is 0 Å². The molecule has 0 aliphatic heterocycles. The van der Waals surface area contributed by atoms with Crippen molar-refractivity contribution in [3.63, 3.8) is 0 Å². The van der Waals surface area contributed by atoms with Gasteiger partial charge in [0.25, 0.3) is 0 Å². The second kappa shape index (κ2) is 17.2. The molecular formula is C49H49N3O6. The highest BCUT2D eigenvalue weighted by atomic mass is 16.5. The second-order valence-corrected chi connectivity index (χ2v) is 15.2. The van der Waals surface area contributed by atoms with Crippen LogP contribution in [0.2, 0.25) is 0 Å². The monoisotopic (exact) mass is 775 g/mol. The van der Waals surface area contributed by atoms with Gasteiger partial charge in [0.1, 0.15) is 24.7 Å². The lowest BCUT2D eigenvalue weighted by Gasteiger charge is -2.33. The van der Waals surface area contributed by atoms with Crippen molar-refractivity contribution in [2.75, 3.05) is 13.1 Å². The summed E-state index contributed by atoms with van der Waals surface area (Å²) >= 11 is 0. The zero-order valence-corrected chi connectivity index (χ0v) is 32.9. The Bertz CT molecular complexity index is 2480. The Morgan fingerprint density at radius 1 is 0.603 bits per heavy atom. The summed E-state index contributed by atoms with van der Waals surface area (Å²) in [5, 5.41) is 25.7. The highest BCUT2D eigenvalue weighted by Crippen LogP contribution is 2.36. The van der Waals surface area contributed by atoms with Crippen molar-refractivity contribution in [3.8, 4) is 11.5 Å². The summed E-state index contributed by atoms with van der Waals surface area (Å²) < 4.78 is 12.4. The molecule has 1 aliphatic rings. The number of nitrogens with zero attached hydrogens (tertiary/aromatic N) is 1. The summed E-state index contributed by atoms with van der Waals surface area (Å²) in [6.07, 6.45) is 1.56. The molecule has 58 heavy (non-hydrogen) atoms. The molecule has 8 rings (SSSR count). The number of nitrogens with one attached hydrogen (secondary N) is 2. The van der Waals surface area contributed by atoms with Crippen LogP contribution in [-0.4, -0.2) is 44.2 Å². The summed E-state index contributed by atoms with van der Waals surface area (Å²) in [6.45, 7) is 5.48. The molecule has 7 aromatic rings. The van der Waals surface area contributed by atoms with Crippen molar-refractivity contribution >= 4 is 21.8 Å². The van der Waals surface area contributed by atoms with E-state index in [4.69, 9.17) is 9.47 Å². The maximum Gasteiger partial charge on any atom is 0.248 e. The molecule has 5 aromatic carbocycles. The van der Waals surface area contributed by atoms with E-state index in [1.165, 1.54) is 34.4 Å². The minimum absolute atomic E-state index is 0.00946. The first-order chi connectivity index (χ1) is 28.3. The van der Waals surface area contributed by atoms with Crippen LogP contribution in [0.1, 0.15) is 70.6 Å². The topological polar surface area (TPSA) is 128 Å². The van der Waals surface area contributed by atoms with E-state index in [0.717, 1.165) is 36.8 Å². The summed E-state index contributed by atoms with van der Waals surface area (Å²) in [5.74, 6) is 1.04. The molecule has 9 nitrogen and oxygen atoms in total. The predicted octanol–water partition coefficient (Wildman–Crippen LogP) is 7.89. The van der Waals surface area contributed by atoms with Crippen LogP contribution in [0.3, 0.4) is 0 Å². The molecule has 1 aliphatic carbocycles. The van der Waals surface area contributed by atoms with Gasteiger partial charge in [0.2, 0.25) is 11.1 Å². The molecule has 2 aromatic heterocycles. The number of ether oxygens (including phenoxy) is 2. The zero-order valence-electron chi connectivity index (χ0n) is 32.9. The first-order valence-electron chi connectivity index (χ1n) is 20.2. The molecule has 0 bridgehead atoms. The molecule has 9 heteroatoms. The van der Waals surface area contributed by atoms with Gasteiger partial charge in [0.15, 0.2) is 0 Å². The van der Waals surface area contributed by atoms with Crippen LogP contribution in [0.5, 0.6) is 11.5 Å². The van der Waals surface area contributed by atoms with Gasteiger partial charge in [-0.25, -0.2) is 0 Å². The van der Waals surface area contributed by atoms with Crippen LogP contribution < -0.4 is 20.6 Å². The quantitative estimate of drug-likeness (QED) is 0.0835. The highest BCUT2D eigenvalue weighted by Gasteiger charge is 2.32. The molecule has 0 saturated heterocycles. The second-order valence-electron chi connectivity index (χ2n) is 15.2. The Morgan fingerprint density at radius 2 is 1.03 bits per heavy atom. The fourth-order valence-corrected chi connectivity index (χ4v) is 8.47. The smallest absolute Gasteiger partial charge is 0.248 e. The number of hydrogen-bond donors (Lipinski definition) is 4. The number of rotatable bonds is 15. The zero-order chi connectivity index (χ0) is 40.2. The van der Waals surface area contributed by atoms with E-state index in [2.05, 4.69) is 40.8 Å². The minimum Gasteiger partial charge on any atom is -0.487 e. The standard InChI is InChI=1S/C49H49N3O6/c1-3-33-23-35-25-37(26-36(35)24-34(33)4-2)52(27-42(53)38-15-19-44(48-40(38)17-21-46(55)50-48)57-29-31-11-7-5-8-12-31)28-43(54)39-16-20-45(49-41(39)18-22-47(56)51-49)58-30-32-13-9-6-10-14-32/h5-24,37,42-43,53-54H,3-4,25-30H2,1-2H3,(H,50,55)(H,51,56)/t42-,43-/m0/s1. The molecule has 4 N–H and O–H groups in total. The molecule has 0 amide bonds. The molecule has 0 radical (unpaired) electrons. The maximum absolute atomic E-state index is 12.6. The molecule has 0 spiro atoms. The molecule has 0 unspecified atom stereocenters. The number of aromatic amines is 2. The third-order valence-corrected chi connectivity index (χ3v) is 11.5. The van der Waals surface area contributed by atoms with Crippen molar-refractivity contribution < 1.29 is 19.7 Å². The number of aliphatic hydroxyl groups excluding tert-OH is 2. The average molecular weight is 776 g/mol. The summed E-state index contributed by atoms with van der Waals surface area (Å²) in [6, 6.07) is 38.1. The van der Waals surface area contributed by atoms with Gasteiger partial charge < -0.3 is 29.7 Å². The Morgan fingerprint density at radius 3 is 1.45 bits per heavy atom. The Labute approximate surface area is 337 Å². The molecule has 2 heterocycles. The van der Waals surface area contributed by atoms with Gasteiger partial charge in [-0.1, -0.05) is 98.8 Å². The van der Waals surface area contributed by atoms with E-state index < -0.39 is 12.2 Å². The average Bonchev–Trinajstić information content (AvgIpc) is 3.67. The SMILES string of the molecule is CCc1cc2c(cc1CC)CC(N(C[C@H](O)c1ccc(OCc3ccccc3)c3[nH]c(=O)ccc13)C[C@H](O)c1ccc(OCc3ccccc3)c3[nH]c(=O)ccc13)C2. The lowest BCUT2D eigenvalue weighted by molar-refractivity contribution is 0.0470. The van der Waals surface area contributed by atoms with Gasteiger partial charge in [0.05, 0.1) is 23.2 Å². The molecule has 296 valence electrons. The Kier molecular flexibility index (Phi) is 11.5. The van der Waals surface area contributed by atoms with Crippen molar-refractivity contribution in [2.45, 2.75) is 71.0 Å². The van der Waals surface area contributed by atoms with Crippen LogP contribution in [0.15, 0.2) is 131 Å². The number of pyridine rings is 2. The van der Waals surface area contributed by atoms with Crippen molar-refractivity contribution in [1.29, 1.82) is 0 Å². The number of aryl methyl sites for hydroxylation is 2. The Hall–Kier alpha value is -6.00. The van der Waals surface area contributed by atoms with Gasteiger partial charge in [-0.05, 0) is 94.5 Å². The first-order valence-corrected chi connectivity index (χ1v) is 20.2. The number of H-pyrrole nitrogens is 2. The normalized spacial score (nSPS) is 13.9. The van der Waals surface area contributed by atoms with E-state index in [0.29, 0.717) is 57.6 Å². The largest absolute Gasteiger partial charge is 0.487 e. The van der Waals surface area contributed by atoms with Crippen LogP contribution in [0.4, 0.5) is 0 Å². The van der Waals surface area contributed by atoms with Gasteiger partial charge in [0, 0.05) is 42.0 Å². The number of aliphatic hydroxyl groups is 2. The molecule has 2 atom stereocenters. The lowest BCUT2D eigenvalue weighted by Crippen LogP contribution is -2.41. The maximum atomic E-state index is 12.6. The fraction of sp³-hybridized carbons (Fsp3) is 0.265. The number of aromatic nitrogens is 2. The van der Waals surface area contributed by atoms with Gasteiger partial charge in [-0.2, -0.15) is 0 Å². The van der Waals surface area contributed by atoms with Crippen LogP contribution in [-0.2, 0) is 38.9 Å². The first kappa shape index (κ1) is 38.9. The predicted molar refractivity (Wildman–Crippen MR) is 229 cm³/mol. The van der Waals surface area contributed by atoms with E-state index in [-0.39, 0.29) is 30.2 Å². The van der Waals surface area contributed by atoms with E-state index in [9.17, 15) is 19.8 Å². The van der Waals surface area contributed by atoms with Crippen LogP contribution in [0, 0.1) is 0 Å². The van der Waals surface area contributed by atoms with Gasteiger partial charge in [-0.3, -0.25) is 14.5 Å². The molecular weight excluding hydrogens is 727 g/mol. The van der Waals surface area contributed by atoms with Crippen molar-refractivity contribution in [1.82, 2.24) is 14.9 Å². The Balaban J connectivity index is 1.11. The van der Waals surface area contributed by atoms with Crippen LogP contribution >= 0.6 is 0 Å².